The molecule has 0 spiro atoms. The Labute approximate surface area is 135 Å². The van der Waals surface area contributed by atoms with Crippen LogP contribution in [0.1, 0.15) is 0 Å². The van der Waals surface area contributed by atoms with E-state index in [9.17, 15) is 4.39 Å². The van der Waals surface area contributed by atoms with Crippen LogP contribution in [0, 0.1) is 5.82 Å². The summed E-state index contributed by atoms with van der Waals surface area (Å²) in [5, 5.41) is 5.28. The van der Waals surface area contributed by atoms with Crippen molar-refractivity contribution in [2.75, 3.05) is 5.32 Å². The minimum atomic E-state index is -0.446. The van der Waals surface area contributed by atoms with E-state index >= 15 is 0 Å². The Bertz CT molecular complexity index is 1000. The third-order valence-corrected chi connectivity index (χ3v) is 5.66. The Hall–Kier alpha value is -2.01. The first-order chi connectivity index (χ1) is 10.7. The molecule has 7 heteroatoms. The van der Waals surface area contributed by atoms with Crippen LogP contribution < -0.4 is 5.32 Å². The number of nitrogens with one attached hydrogen (secondary N) is 1. The van der Waals surface area contributed by atoms with Gasteiger partial charge in [-0.3, -0.25) is 0 Å². The van der Waals surface area contributed by atoms with Crippen LogP contribution >= 0.6 is 11.6 Å². The second kappa shape index (κ2) is 5.32. The van der Waals surface area contributed by atoms with Gasteiger partial charge >= 0.3 is 136 Å². The summed E-state index contributed by atoms with van der Waals surface area (Å²) < 4.78 is 15.3. The van der Waals surface area contributed by atoms with E-state index < -0.39 is 5.82 Å². The number of benzene rings is 1. The monoisotopic (exact) mass is 378 g/mol. The molecule has 3 heterocycles. The SMILES string of the molecule is Fc1ccc(Nc2ncnc3[se]c4ncccc4c23)cc1Cl. The van der Waals surface area contributed by atoms with Crippen molar-refractivity contribution in [3.8, 4) is 0 Å². The van der Waals surface area contributed by atoms with Crippen molar-refractivity contribution in [2.45, 2.75) is 0 Å². The predicted octanol–water partition coefficient (Wildman–Crippen LogP) is 3.77. The molecule has 0 radical (unpaired) electrons. The van der Waals surface area contributed by atoms with Crippen molar-refractivity contribution in [1.29, 1.82) is 0 Å². The molecular formula is C15H8ClFN4Se. The summed E-state index contributed by atoms with van der Waals surface area (Å²) in [7, 11) is 0. The molecule has 4 aromatic rings. The maximum atomic E-state index is 13.3. The van der Waals surface area contributed by atoms with E-state index in [1.165, 1.54) is 18.5 Å². The number of fused-ring (bicyclic) bond motifs is 3. The van der Waals surface area contributed by atoms with Gasteiger partial charge in [-0.25, -0.2) is 0 Å². The molecule has 1 aromatic carbocycles. The van der Waals surface area contributed by atoms with E-state index in [0.717, 1.165) is 19.6 Å². The van der Waals surface area contributed by atoms with Gasteiger partial charge in [0.1, 0.15) is 0 Å². The third kappa shape index (κ3) is 2.25. The molecule has 0 fully saturated rings. The summed E-state index contributed by atoms with van der Waals surface area (Å²) in [6, 6.07) is 8.40. The van der Waals surface area contributed by atoms with Gasteiger partial charge in [0.2, 0.25) is 0 Å². The van der Waals surface area contributed by atoms with E-state index in [0.29, 0.717) is 11.5 Å². The van der Waals surface area contributed by atoms with Crippen molar-refractivity contribution in [1.82, 2.24) is 15.0 Å². The summed E-state index contributed by atoms with van der Waals surface area (Å²) in [5.74, 6) is 0.235. The molecule has 4 rings (SSSR count). The number of hydrogen-bond donors (Lipinski definition) is 1. The topological polar surface area (TPSA) is 50.7 Å². The van der Waals surface area contributed by atoms with Crippen LogP contribution in [-0.4, -0.2) is 29.5 Å². The van der Waals surface area contributed by atoms with Crippen molar-refractivity contribution < 1.29 is 4.39 Å². The second-order valence-electron chi connectivity index (χ2n) is 4.61. The zero-order valence-corrected chi connectivity index (χ0v) is 13.5. The van der Waals surface area contributed by atoms with E-state index in [-0.39, 0.29) is 19.5 Å². The van der Waals surface area contributed by atoms with Crippen LogP contribution in [0.2, 0.25) is 5.02 Å². The van der Waals surface area contributed by atoms with Crippen molar-refractivity contribution >= 4 is 57.2 Å². The molecule has 22 heavy (non-hydrogen) atoms. The van der Waals surface area contributed by atoms with Crippen LogP contribution in [0.25, 0.3) is 19.6 Å². The summed E-state index contributed by atoms with van der Waals surface area (Å²) >= 11 is 5.90. The summed E-state index contributed by atoms with van der Waals surface area (Å²) in [6.07, 6.45) is 3.31. The third-order valence-electron chi connectivity index (χ3n) is 3.23. The van der Waals surface area contributed by atoms with Gasteiger partial charge in [-0.15, -0.1) is 0 Å². The Morgan fingerprint density at radius 1 is 1.09 bits per heavy atom. The van der Waals surface area contributed by atoms with Gasteiger partial charge in [0.15, 0.2) is 0 Å². The Kier molecular flexibility index (Phi) is 3.30. The molecule has 0 aliphatic rings. The fraction of sp³-hybridized carbons (Fsp3) is 0. The average Bonchev–Trinajstić information content (AvgIpc) is 2.90. The van der Waals surface area contributed by atoms with E-state index in [4.69, 9.17) is 11.6 Å². The summed E-state index contributed by atoms with van der Waals surface area (Å²) in [4.78, 5) is 13.1. The molecule has 0 atom stereocenters. The molecule has 4 nitrogen and oxygen atoms in total. The molecule has 0 saturated carbocycles. The molecule has 108 valence electrons. The molecule has 0 amide bonds. The molecular weight excluding hydrogens is 370 g/mol. The molecule has 3 aromatic heterocycles. The first-order valence-electron chi connectivity index (χ1n) is 6.43. The summed E-state index contributed by atoms with van der Waals surface area (Å²) in [6.45, 7) is 0. The van der Waals surface area contributed by atoms with E-state index in [2.05, 4.69) is 20.3 Å². The van der Waals surface area contributed by atoms with Crippen molar-refractivity contribution in [3.63, 3.8) is 0 Å². The zero-order valence-electron chi connectivity index (χ0n) is 11.0. The van der Waals surface area contributed by atoms with Crippen LogP contribution in [0.4, 0.5) is 15.9 Å². The molecule has 0 aliphatic heterocycles. The number of hydrogen-bond acceptors (Lipinski definition) is 4. The van der Waals surface area contributed by atoms with Crippen molar-refractivity contribution in [3.05, 3.63) is 53.7 Å². The first kappa shape index (κ1) is 13.6. The number of anilines is 2. The normalized spacial score (nSPS) is 11.2. The van der Waals surface area contributed by atoms with Crippen LogP contribution in [0.3, 0.4) is 0 Å². The fourth-order valence-corrected chi connectivity index (χ4v) is 4.50. The minimum absolute atomic E-state index is 0.0713. The van der Waals surface area contributed by atoms with Crippen molar-refractivity contribution in [2.24, 2.45) is 0 Å². The van der Waals surface area contributed by atoms with Gasteiger partial charge < -0.3 is 0 Å². The predicted molar refractivity (Wildman–Crippen MR) is 86.5 cm³/mol. The number of rotatable bonds is 2. The number of halogens is 2. The number of aromatic nitrogens is 3. The fourth-order valence-electron chi connectivity index (χ4n) is 2.25. The van der Waals surface area contributed by atoms with E-state index in [1.54, 1.807) is 12.3 Å². The molecule has 0 bridgehead atoms. The molecule has 1 N–H and O–H groups in total. The van der Waals surface area contributed by atoms with Crippen LogP contribution in [0.5, 0.6) is 0 Å². The van der Waals surface area contributed by atoms with Gasteiger partial charge in [0, 0.05) is 0 Å². The van der Waals surface area contributed by atoms with Crippen LogP contribution in [-0.2, 0) is 0 Å². The molecule has 0 aliphatic carbocycles. The van der Waals surface area contributed by atoms with Gasteiger partial charge in [0.25, 0.3) is 0 Å². The Morgan fingerprint density at radius 3 is 2.86 bits per heavy atom. The van der Waals surface area contributed by atoms with Gasteiger partial charge in [0.05, 0.1) is 0 Å². The quantitative estimate of drug-likeness (QED) is 0.540. The summed E-state index contributed by atoms with van der Waals surface area (Å²) in [5.41, 5.74) is 0.678. The first-order valence-corrected chi connectivity index (χ1v) is 8.52. The Balaban J connectivity index is 1.89. The van der Waals surface area contributed by atoms with E-state index in [1.807, 2.05) is 12.1 Å². The maximum absolute atomic E-state index is 13.3. The van der Waals surface area contributed by atoms with Gasteiger partial charge in [-0.1, -0.05) is 0 Å². The molecule has 0 unspecified atom stereocenters. The molecule has 0 saturated heterocycles. The number of nitrogens with zero attached hydrogens (tertiary/aromatic N) is 3. The standard InChI is InChI=1S/C15H8ClFN4Se/c16-10-6-8(3-4-11(10)17)21-13-12-9-2-1-5-18-14(9)22-15(12)20-7-19-13/h1-7H,(H,19,20,21). The second-order valence-corrected chi connectivity index (χ2v) is 7.07. The zero-order chi connectivity index (χ0) is 15.1. The average molecular weight is 378 g/mol. The Morgan fingerprint density at radius 2 is 2.00 bits per heavy atom. The number of pyridine rings is 1. The van der Waals surface area contributed by atoms with Crippen LogP contribution in [0.15, 0.2) is 42.9 Å². The van der Waals surface area contributed by atoms with Gasteiger partial charge in [-0.05, 0) is 0 Å². The van der Waals surface area contributed by atoms with Gasteiger partial charge in [-0.2, -0.15) is 0 Å².